The van der Waals surface area contributed by atoms with Crippen molar-refractivity contribution in [2.75, 3.05) is 5.32 Å². The van der Waals surface area contributed by atoms with Gasteiger partial charge in [-0.15, -0.1) is 10.2 Å². The Morgan fingerprint density at radius 1 is 1.09 bits per heavy atom. The molecule has 0 bridgehead atoms. The maximum Gasteiger partial charge on any atom is 0.119 e. The van der Waals surface area contributed by atoms with Crippen LogP contribution in [-0.2, 0) is 6.54 Å². The van der Waals surface area contributed by atoms with Crippen LogP contribution in [0.2, 0.25) is 0 Å². The second-order valence-electron chi connectivity index (χ2n) is 5.30. The molecule has 0 spiro atoms. The van der Waals surface area contributed by atoms with Gasteiger partial charge in [-0.2, -0.15) is 0 Å². The van der Waals surface area contributed by atoms with Crippen LogP contribution in [0.5, 0.6) is 5.75 Å². The standard InChI is InChI=1S/C17H18N4O/c1-13(15-5-3-7-17(22)9-15)20-16-6-2-4-14(8-16)10-21-11-18-19-12-21/h2-9,11-13,20,22H,10H2,1H3/t13-/m0/s1. The lowest BCUT2D eigenvalue weighted by molar-refractivity contribution is 0.474. The minimum atomic E-state index is 0.109. The quantitative estimate of drug-likeness (QED) is 0.758. The lowest BCUT2D eigenvalue weighted by atomic mass is 10.1. The normalized spacial score (nSPS) is 12.0. The van der Waals surface area contributed by atoms with E-state index in [1.54, 1.807) is 24.8 Å². The molecule has 0 fully saturated rings. The summed E-state index contributed by atoms with van der Waals surface area (Å²) in [7, 11) is 0. The second-order valence-corrected chi connectivity index (χ2v) is 5.30. The van der Waals surface area contributed by atoms with Crippen LogP contribution in [0.3, 0.4) is 0 Å². The molecule has 1 heterocycles. The van der Waals surface area contributed by atoms with E-state index in [2.05, 4.69) is 34.6 Å². The summed E-state index contributed by atoms with van der Waals surface area (Å²) < 4.78 is 1.93. The molecule has 2 N–H and O–H groups in total. The number of anilines is 1. The molecule has 5 heteroatoms. The molecule has 3 rings (SSSR count). The summed E-state index contributed by atoms with van der Waals surface area (Å²) in [5, 5.41) is 20.6. The van der Waals surface area contributed by atoms with Crippen molar-refractivity contribution in [3.8, 4) is 5.75 Å². The Morgan fingerprint density at radius 2 is 1.86 bits per heavy atom. The Kier molecular flexibility index (Phi) is 4.05. The van der Waals surface area contributed by atoms with Crippen molar-refractivity contribution < 1.29 is 5.11 Å². The maximum atomic E-state index is 9.57. The van der Waals surface area contributed by atoms with Crippen molar-refractivity contribution in [1.82, 2.24) is 14.8 Å². The number of hydrogen-bond donors (Lipinski definition) is 2. The summed E-state index contributed by atoms with van der Waals surface area (Å²) >= 11 is 0. The summed E-state index contributed by atoms with van der Waals surface area (Å²) in [6.45, 7) is 2.81. The Bertz CT molecular complexity index is 740. The molecule has 0 saturated carbocycles. The van der Waals surface area contributed by atoms with Gasteiger partial charge in [0.05, 0.1) is 6.54 Å². The number of aromatic hydroxyl groups is 1. The van der Waals surface area contributed by atoms with Crippen molar-refractivity contribution in [2.45, 2.75) is 19.5 Å². The summed E-state index contributed by atoms with van der Waals surface area (Å²) in [6, 6.07) is 15.7. The fourth-order valence-corrected chi connectivity index (χ4v) is 2.40. The zero-order valence-electron chi connectivity index (χ0n) is 12.3. The van der Waals surface area contributed by atoms with Crippen LogP contribution < -0.4 is 5.32 Å². The fraction of sp³-hybridized carbons (Fsp3) is 0.176. The van der Waals surface area contributed by atoms with Crippen molar-refractivity contribution in [3.63, 3.8) is 0 Å². The summed E-state index contributed by atoms with van der Waals surface area (Å²) in [6.07, 6.45) is 3.41. The molecule has 5 nitrogen and oxygen atoms in total. The molecular formula is C17H18N4O. The number of rotatable bonds is 5. The molecule has 0 amide bonds. The molecule has 2 aromatic carbocycles. The van der Waals surface area contributed by atoms with Crippen molar-refractivity contribution >= 4 is 5.69 Å². The van der Waals surface area contributed by atoms with Crippen LogP contribution in [0.25, 0.3) is 0 Å². The third kappa shape index (κ3) is 3.44. The van der Waals surface area contributed by atoms with Gasteiger partial charge in [0, 0.05) is 11.7 Å². The monoisotopic (exact) mass is 294 g/mol. The van der Waals surface area contributed by atoms with Gasteiger partial charge >= 0.3 is 0 Å². The Labute approximate surface area is 129 Å². The Hall–Kier alpha value is -2.82. The first-order valence-corrected chi connectivity index (χ1v) is 7.17. The van der Waals surface area contributed by atoms with Gasteiger partial charge in [-0.1, -0.05) is 24.3 Å². The fourth-order valence-electron chi connectivity index (χ4n) is 2.40. The average molecular weight is 294 g/mol. The van der Waals surface area contributed by atoms with Crippen LogP contribution >= 0.6 is 0 Å². The lowest BCUT2D eigenvalue weighted by Crippen LogP contribution is -2.07. The lowest BCUT2D eigenvalue weighted by Gasteiger charge is -2.16. The molecule has 1 aromatic heterocycles. The predicted molar refractivity (Wildman–Crippen MR) is 85.7 cm³/mol. The highest BCUT2D eigenvalue weighted by Crippen LogP contribution is 2.22. The third-order valence-electron chi connectivity index (χ3n) is 3.51. The van der Waals surface area contributed by atoms with E-state index < -0.39 is 0 Å². The molecule has 0 radical (unpaired) electrons. The van der Waals surface area contributed by atoms with Gasteiger partial charge in [-0.3, -0.25) is 0 Å². The second kappa shape index (κ2) is 6.30. The van der Waals surface area contributed by atoms with Crippen LogP contribution in [-0.4, -0.2) is 19.9 Å². The predicted octanol–water partition coefficient (Wildman–Crippen LogP) is 3.21. The van der Waals surface area contributed by atoms with E-state index in [1.807, 2.05) is 28.8 Å². The average Bonchev–Trinajstić information content (AvgIpc) is 3.00. The minimum absolute atomic E-state index is 0.109. The Balaban J connectivity index is 1.72. The zero-order chi connectivity index (χ0) is 15.4. The van der Waals surface area contributed by atoms with Gasteiger partial charge in [0.2, 0.25) is 0 Å². The first kappa shape index (κ1) is 14.1. The summed E-state index contributed by atoms with van der Waals surface area (Å²) in [4.78, 5) is 0. The van der Waals surface area contributed by atoms with Gasteiger partial charge in [-0.25, -0.2) is 0 Å². The van der Waals surface area contributed by atoms with E-state index in [0.29, 0.717) is 0 Å². The molecule has 112 valence electrons. The van der Waals surface area contributed by atoms with Gasteiger partial charge in [0.1, 0.15) is 18.4 Å². The number of hydrogen-bond acceptors (Lipinski definition) is 4. The molecule has 3 aromatic rings. The van der Waals surface area contributed by atoms with Gasteiger partial charge in [0.25, 0.3) is 0 Å². The number of nitrogens with one attached hydrogen (secondary N) is 1. The highest BCUT2D eigenvalue weighted by atomic mass is 16.3. The largest absolute Gasteiger partial charge is 0.508 e. The van der Waals surface area contributed by atoms with E-state index in [-0.39, 0.29) is 11.8 Å². The van der Waals surface area contributed by atoms with Crippen LogP contribution in [0.15, 0.2) is 61.2 Å². The van der Waals surface area contributed by atoms with Crippen molar-refractivity contribution in [1.29, 1.82) is 0 Å². The van der Waals surface area contributed by atoms with E-state index in [9.17, 15) is 5.11 Å². The summed E-state index contributed by atoms with van der Waals surface area (Å²) in [5.41, 5.74) is 3.26. The molecule has 0 aliphatic rings. The number of phenols is 1. The first-order chi connectivity index (χ1) is 10.7. The molecule has 22 heavy (non-hydrogen) atoms. The molecule has 0 saturated heterocycles. The first-order valence-electron chi connectivity index (χ1n) is 7.17. The van der Waals surface area contributed by atoms with Crippen LogP contribution in [0.4, 0.5) is 5.69 Å². The maximum absolute atomic E-state index is 9.57. The SMILES string of the molecule is C[C@H](Nc1cccc(Cn2cnnc2)c1)c1cccc(O)c1. The number of nitrogens with zero attached hydrogens (tertiary/aromatic N) is 3. The van der Waals surface area contributed by atoms with Gasteiger partial charge in [0.15, 0.2) is 0 Å². The smallest absolute Gasteiger partial charge is 0.119 e. The van der Waals surface area contributed by atoms with Crippen molar-refractivity contribution in [3.05, 3.63) is 72.3 Å². The third-order valence-corrected chi connectivity index (χ3v) is 3.51. The molecular weight excluding hydrogens is 276 g/mol. The highest BCUT2D eigenvalue weighted by Gasteiger charge is 2.06. The number of phenolic OH excluding ortho intramolecular Hbond substituents is 1. The van der Waals surface area contributed by atoms with E-state index >= 15 is 0 Å². The molecule has 0 aliphatic heterocycles. The molecule has 0 unspecified atom stereocenters. The highest BCUT2D eigenvalue weighted by molar-refractivity contribution is 5.48. The van der Waals surface area contributed by atoms with E-state index in [4.69, 9.17) is 0 Å². The van der Waals surface area contributed by atoms with Crippen LogP contribution in [0.1, 0.15) is 24.1 Å². The Morgan fingerprint density at radius 3 is 2.64 bits per heavy atom. The zero-order valence-corrected chi connectivity index (χ0v) is 12.3. The van der Waals surface area contributed by atoms with Gasteiger partial charge < -0.3 is 15.0 Å². The number of benzene rings is 2. The molecule has 1 atom stereocenters. The van der Waals surface area contributed by atoms with Crippen LogP contribution in [0, 0.1) is 0 Å². The topological polar surface area (TPSA) is 63.0 Å². The van der Waals surface area contributed by atoms with Crippen molar-refractivity contribution in [2.24, 2.45) is 0 Å². The van der Waals surface area contributed by atoms with E-state index in [0.717, 1.165) is 17.8 Å². The minimum Gasteiger partial charge on any atom is -0.508 e. The number of aromatic nitrogens is 3. The van der Waals surface area contributed by atoms with Gasteiger partial charge in [-0.05, 0) is 42.3 Å². The summed E-state index contributed by atoms with van der Waals surface area (Å²) in [5.74, 6) is 0.285. The van der Waals surface area contributed by atoms with E-state index in [1.165, 1.54) is 5.56 Å². The molecule has 0 aliphatic carbocycles.